The molecule has 2 amide bonds. The number of ether oxygens (including phenoxy) is 1. The van der Waals surface area contributed by atoms with Crippen molar-refractivity contribution >= 4 is 30.2 Å². The zero-order chi connectivity index (χ0) is 19.4. The van der Waals surface area contributed by atoms with Gasteiger partial charge in [0.25, 0.3) is 0 Å². The zero-order valence-electron chi connectivity index (χ0n) is 15.9. The maximum Gasteiger partial charge on any atom is 0.410 e. The summed E-state index contributed by atoms with van der Waals surface area (Å²) in [6.07, 6.45) is 1.46. The maximum absolute atomic E-state index is 11.4. The molecule has 154 valence electrons. The number of amides is 2. The molecule has 8 nitrogen and oxygen atoms in total. The third-order valence-electron chi connectivity index (χ3n) is 5.25. The molecule has 2 aliphatic rings. The molecule has 1 aromatic rings. The van der Waals surface area contributed by atoms with Gasteiger partial charge in [-0.15, -0.1) is 12.4 Å². The van der Waals surface area contributed by atoms with Crippen LogP contribution in [0, 0.1) is 11.3 Å². The fraction of sp³-hybridized carbons (Fsp3) is 0.526. The molecule has 28 heavy (non-hydrogen) atoms. The molecule has 4 N–H and O–H groups in total. The van der Waals surface area contributed by atoms with E-state index in [9.17, 15) is 9.59 Å². The van der Waals surface area contributed by atoms with Crippen molar-refractivity contribution in [1.29, 1.82) is 5.41 Å². The highest BCUT2D eigenvalue weighted by molar-refractivity contribution is 5.97. The van der Waals surface area contributed by atoms with E-state index in [2.05, 4.69) is 10.6 Å². The van der Waals surface area contributed by atoms with Gasteiger partial charge < -0.3 is 20.1 Å². The summed E-state index contributed by atoms with van der Waals surface area (Å²) < 4.78 is 5.98. The van der Waals surface area contributed by atoms with Gasteiger partial charge in [-0.2, -0.15) is 0 Å². The lowest BCUT2D eigenvalue weighted by Gasteiger charge is -2.31. The Morgan fingerprint density at radius 2 is 2.07 bits per heavy atom. The lowest BCUT2D eigenvalue weighted by Crippen LogP contribution is -2.42. The molecule has 1 saturated heterocycles. The van der Waals surface area contributed by atoms with Crippen LogP contribution < -0.4 is 15.4 Å². The monoisotopic (exact) mass is 410 g/mol. The highest BCUT2D eigenvalue weighted by Crippen LogP contribution is 2.28. The molecule has 1 aromatic carbocycles. The molecular weight excluding hydrogens is 384 g/mol. The van der Waals surface area contributed by atoms with Crippen LogP contribution in [0.5, 0.6) is 5.75 Å². The Morgan fingerprint density at radius 3 is 2.71 bits per heavy atom. The Kier molecular flexibility index (Phi) is 7.65. The van der Waals surface area contributed by atoms with Crippen LogP contribution in [-0.4, -0.2) is 54.1 Å². The molecule has 1 fully saturated rings. The van der Waals surface area contributed by atoms with E-state index in [0.717, 1.165) is 49.2 Å². The van der Waals surface area contributed by atoms with E-state index >= 15 is 0 Å². The van der Waals surface area contributed by atoms with E-state index in [4.69, 9.17) is 15.3 Å². The molecule has 0 bridgehead atoms. The molecular formula is C19H27ClN4O4. The number of carbonyl (C=O) groups is 2. The van der Waals surface area contributed by atoms with Crippen molar-refractivity contribution in [2.24, 2.45) is 5.92 Å². The van der Waals surface area contributed by atoms with Gasteiger partial charge in [0.15, 0.2) is 0 Å². The van der Waals surface area contributed by atoms with Gasteiger partial charge in [0.2, 0.25) is 5.91 Å². The Morgan fingerprint density at radius 1 is 1.36 bits per heavy atom. The molecule has 9 heteroatoms. The number of carbonyl (C=O) groups excluding carboxylic acids is 1. The molecule has 0 aromatic heterocycles. The number of likely N-dealkylation sites (tertiary alicyclic amines) is 1. The fourth-order valence-electron chi connectivity index (χ4n) is 3.69. The number of halogens is 1. The third kappa shape index (κ3) is 5.36. The Hall–Kier alpha value is -2.32. The van der Waals surface area contributed by atoms with Gasteiger partial charge >= 0.3 is 6.09 Å². The number of amidine groups is 1. The summed E-state index contributed by atoms with van der Waals surface area (Å²) in [6.45, 7) is 4.43. The first-order valence-electron chi connectivity index (χ1n) is 9.27. The Labute approximate surface area is 170 Å². The second-order valence-electron chi connectivity index (χ2n) is 7.10. The van der Waals surface area contributed by atoms with Crippen molar-refractivity contribution in [1.82, 2.24) is 15.5 Å². The average Bonchev–Trinajstić information content (AvgIpc) is 2.65. The molecule has 3 rings (SSSR count). The Bertz CT molecular complexity index is 735. The van der Waals surface area contributed by atoms with E-state index in [0.29, 0.717) is 19.1 Å². The number of hydrogen-bond donors (Lipinski definition) is 4. The summed E-state index contributed by atoms with van der Waals surface area (Å²) in [4.78, 5) is 24.1. The van der Waals surface area contributed by atoms with Crippen LogP contribution in [0.4, 0.5) is 4.79 Å². The minimum absolute atomic E-state index is 0. The molecule has 1 unspecified atom stereocenters. The summed E-state index contributed by atoms with van der Waals surface area (Å²) >= 11 is 0. The molecule has 2 aliphatic heterocycles. The Balaban J connectivity index is 0.00000280. The number of piperidine rings is 1. The number of nitrogens with zero attached hydrogens (tertiary/aromatic N) is 1. The van der Waals surface area contributed by atoms with E-state index < -0.39 is 12.1 Å². The molecule has 0 spiro atoms. The quantitative estimate of drug-likeness (QED) is 0.448. The van der Waals surface area contributed by atoms with Crippen molar-refractivity contribution in [3.05, 3.63) is 29.3 Å². The summed E-state index contributed by atoms with van der Waals surface area (Å²) in [7, 11) is 0. The lowest BCUT2D eigenvalue weighted by atomic mass is 9.93. The van der Waals surface area contributed by atoms with Gasteiger partial charge in [0.1, 0.15) is 11.6 Å². The van der Waals surface area contributed by atoms with Crippen LogP contribution >= 0.6 is 12.4 Å². The smallest absolute Gasteiger partial charge is 0.410 e. The first-order chi connectivity index (χ1) is 12.9. The first kappa shape index (κ1) is 22.0. The lowest BCUT2D eigenvalue weighted by molar-refractivity contribution is -0.130. The second kappa shape index (κ2) is 9.75. The highest BCUT2D eigenvalue weighted by Gasteiger charge is 2.26. The van der Waals surface area contributed by atoms with Crippen molar-refractivity contribution in [3.8, 4) is 5.75 Å². The first-order valence-corrected chi connectivity index (χ1v) is 9.27. The molecule has 0 aliphatic carbocycles. The van der Waals surface area contributed by atoms with Crippen molar-refractivity contribution < 1.29 is 19.4 Å². The number of fused-ring (bicyclic) bond motifs is 1. The third-order valence-corrected chi connectivity index (χ3v) is 5.25. The van der Waals surface area contributed by atoms with E-state index in [1.807, 2.05) is 23.1 Å². The van der Waals surface area contributed by atoms with Gasteiger partial charge in [-0.3, -0.25) is 15.5 Å². The van der Waals surface area contributed by atoms with E-state index in [1.165, 1.54) is 0 Å². The minimum atomic E-state index is -1.24. The normalized spacial score (nSPS) is 19.2. The van der Waals surface area contributed by atoms with Crippen LogP contribution in [-0.2, 0) is 11.2 Å². The molecule has 0 saturated carbocycles. The summed E-state index contributed by atoms with van der Waals surface area (Å²) in [5.74, 6) is 1.18. The van der Waals surface area contributed by atoms with Crippen molar-refractivity contribution in [3.63, 3.8) is 0 Å². The average molecular weight is 411 g/mol. The molecule has 0 radical (unpaired) electrons. The van der Waals surface area contributed by atoms with Gasteiger partial charge in [-0.1, -0.05) is 6.07 Å². The highest BCUT2D eigenvalue weighted by atomic mass is 35.5. The van der Waals surface area contributed by atoms with Crippen LogP contribution in [0.3, 0.4) is 0 Å². The summed E-state index contributed by atoms with van der Waals surface area (Å²) in [6, 6.07) is 5.34. The summed E-state index contributed by atoms with van der Waals surface area (Å²) in [5, 5.41) is 22.2. The second-order valence-corrected chi connectivity index (χ2v) is 7.10. The summed E-state index contributed by atoms with van der Waals surface area (Å²) in [5.41, 5.74) is 1.97. The van der Waals surface area contributed by atoms with Crippen LogP contribution in [0.15, 0.2) is 18.2 Å². The SMILES string of the molecule is CC(=O)N1CCC(COc2ccc3c(c2)C(C(=N)NC(=O)O)NCC3)CC1.Cl. The topological polar surface area (TPSA) is 115 Å². The number of carboxylic acid groups (broad SMARTS) is 1. The number of benzene rings is 1. The fourth-order valence-corrected chi connectivity index (χ4v) is 3.69. The van der Waals surface area contributed by atoms with Gasteiger partial charge in [0.05, 0.1) is 12.6 Å². The molecule has 1 atom stereocenters. The van der Waals surface area contributed by atoms with Gasteiger partial charge in [-0.05, 0) is 48.4 Å². The van der Waals surface area contributed by atoms with Crippen LogP contribution in [0.2, 0.25) is 0 Å². The maximum atomic E-state index is 11.4. The predicted molar refractivity (Wildman–Crippen MR) is 107 cm³/mol. The van der Waals surface area contributed by atoms with Crippen molar-refractivity contribution in [2.45, 2.75) is 32.2 Å². The van der Waals surface area contributed by atoms with Gasteiger partial charge in [0, 0.05) is 26.6 Å². The molecule has 2 heterocycles. The largest absolute Gasteiger partial charge is 0.493 e. The zero-order valence-corrected chi connectivity index (χ0v) is 16.7. The number of nitrogens with one attached hydrogen (secondary N) is 3. The van der Waals surface area contributed by atoms with E-state index in [1.54, 1.807) is 6.92 Å². The van der Waals surface area contributed by atoms with Gasteiger partial charge in [-0.25, -0.2) is 4.79 Å². The van der Waals surface area contributed by atoms with E-state index in [-0.39, 0.29) is 24.1 Å². The minimum Gasteiger partial charge on any atom is -0.493 e. The van der Waals surface area contributed by atoms with Crippen molar-refractivity contribution in [2.75, 3.05) is 26.2 Å². The van der Waals surface area contributed by atoms with Crippen LogP contribution in [0.1, 0.15) is 36.9 Å². The standard InChI is InChI=1S/C19H26N4O4.ClH/c1-12(24)23-8-5-13(6-9-23)11-27-15-3-2-14-4-7-21-17(16(14)10-15)18(20)22-19(25)26;/h2-3,10,13,17,21H,4-9,11H2,1H3,(H2,20,22)(H,25,26);1H. The number of rotatable bonds is 4. The van der Waals surface area contributed by atoms with Crippen LogP contribution in [0.25, 0.3) is 0 Å². The predicted octanol–water partition coefficient (Wildman–Crippen LogP) is 2.18. The number of hydrogen-bond acceptors (Lipinski definition) is 5.